The van der Waals surface area contributed by atoms with E-state index >= 15 is 0 Å². The lowest BCUT2D eigenvalue weighted by atomic mass is 10.0. The fourth-order valence-electron chi connectivity index (χ4n) is 4.17. The van der Waals surface area contributed by atoms with Crippen molar-refractivity contribution in [3.63, 3.8) is 0 Å². The van der Waals surface area contributed by atoms with Crippen molar-refractivity contribution in [1.29, 1.82) is 0 Å². The molecule has 2 aliphatic carbocycles. The molecule has 0 aromatic carbocycles. The maximum absolute atomic E-state index is 12.8. The van der Waals surface area contributed by atoms with Crippen LogP contribution in [0.2, 0.25) is 0 Å². The molecule has 2 fully saturated rings. The minimum atomic E-state index is -4.43. The van der Waals surface area contributed by atoms with E-state index in [2.05, 4.69) is 29.0 Å². The van der Waals surface area contributed by atoms with Gasteiger partial charge in [-0.25, -0.2) is 9.97 Å². The number of alkyl halides is 3. The maximum atomic E-state index is 12.8. The number of aromatic nitrogens is 2. The third-order valence-corrected chi connectivity index (χ3v) is 5.55. The second-order valence-corrected chi connectivity index (χ2v) is 7.10. The van der Waals surface area contributed by atoms with Crippen LogP contribution in [0.5, 0.6) is 0 Å². The molecule has 0 N–H and O–H groups in total. The van der Waals surface area contributed by atoms with Crippen molar-refractivity contribution in [1.82, 2.24) is 14.9 Å². The van der Waals surface area contributed by atoms with Crippen molar-refractivity contribution in [3.8, 4) is 0 Å². The first kappa shape index (κ1) is 16.5. The summed E-state index contributed by atoms with van der Waals surface area (Å²) >= 11 is 0. The third kappa shape index (κ3) is 3.29. The van der Waals surface area contributed by atoms with Crippen LogP contribution in [0.25, 0.3) is 0 Å². The number of halogens is 3. The summed E-state index contributed by atoms with van der Waals surface area (Å²) in [7, 11) is 6.08. The number of nitrogens with zero attached hydrogens (tertiary/aromatic N) is 4. The molecule has 0 amide bonds. The molecule has 1 aromatic rings. The zero-order chi connectivity index (χ0) is 16.8. The fraction of sp³-hybridized carbons (Fsp3) is 0.750. The van der Waals surface area contributed by atoms with Crippen molar-refractivity contribution in [3.05, 3.63) is 18.1 Å². The SMILES string of the molecule is CN(C)C1C[C@@H]2CC(N(C)c3cc(C(F)(F)F)ncn3)C[C@@H]2C1. The molecule has 0 saturated heterocycles. The molecule has 0 bridgehead atoms. The van der Waals surface area contributed by atoms with Crippen LogP contribution in [0.4, 0.5) is 19.0 Å². The Balaban J connectivity index is 1.68. The Labute approximate surface area is 134 Å². The fourth-order valence-corrected chi connectivity index (χ4v) is 4.17. The number of anilines is 1. The average molecular weight is 328 g/mol. The van der Waals surface area contributed by atoms with E-state index in [0.717, 1.165) is 25.2 Å². The van der Waals surface area contributed by atoms with Gasteiger partial charge in [0.25, 0.3) is 0 Å². The van der Waals surface area contributed by atoms with Gasteiger partial charge in [-0.3, -0.25) is 0 Å². The minimum Gasteiger partial charge on any atom is -0.357 e. The molecule has 7 heteroatoms. The second-order valence-electron chi connectivity index (χ2n) is 7.10. The van der Waals surface area contributed by atoms with Crippen LogP contribution in [0.1, 0.15) is 31.4 Å². The topological polar surface area (TPSA) is 32.3 Å². The molecule has 0 aliphatic heterocycles. The summed E-state index contributed by atoms with van der Waals surface area (Å²) in [4.78, 5) is 11.6. The summed E-state index contributed by atoms with van der Waals surface area (Å²) in [6, 6.07) is 1.97. The number of fused-ring (bicyclic) bond motifs is 1. The largest absolute Gasteiger partial charge is 0.433 e. The third-order valence-electron chi connectivity index (χ3n) is 5.55. The van der Waals surface area contributed by atoms with E-state index in [0.29, 0.717) is 23.7 Å². The number of hydrogen-bond acceptors (Lipinski definition) is 4. The van der Waals surface area contributed by atoms with E-state index in [1.165, 1.54) is 12.8 Å². The predicted molar refractivity (Wildman–Crippen MR) is 82.1 cm³/mol. The molecular formula is C16H23F3N4. The van der Waals surface area contributed by atoms with E-state index in [1.54, 1.807) is 0 Å². The Kier molecular flexibility index (Phi) is 4.25. The highest BCUT2D eigenvalue weighted by molar-refractivity contribution is 5.40. The Bertz CT molecular complexity index is 547. The Morgan fingerprint density at radius 2 is 1.52 bits per heavy atom. The van der Waals surface area contributed by atoms with E-state index < -0.39 is 11.9 Å². The molecule has 4 atom stereocenters. The molecule has 2 unspecified atom stereocenters. The van der Waals surface area contributed by atoms with Gasteiger partial charge < -0.3 is 9.80 Å². The van der Waals surface area contributed by atoms with E-state index in [9.17, 15) is 13.2 Å². The molecule has 1 aromatic heterocycles. The quantitative estimate of drug-likeness (QED) is 0.854. The van der Waals surface area contributed by atoms with Gasteiger partial charge >= 0.3 is 6.18 Å². The van der Waals surface area contributed by atoms with Gasteiger partial charge in [0.2, 0.25) is 0 Å². The normalized spacial score (nSPS) is 30.7. The molecule has 1 heterocycles. The molecule has 23 heavy (non-hydrogen) atoms. The van der Waals surface area contributed by atoms with Gasteiger partial charge in [-0.05, 0) is 51.6 Å². The lowest BCUT2D eigenvalue weighted by Gasteiger charge is -2.28. The summed E-state index contributed by atoms with van der Waals surface area (Å²) < 4.78 is 38.4. The van der Waals surface area contributed by atoms with Gasteiger partial charge in [-0.15, -0.1) is 0 Å². The van der Waals surface area contributed by atoms with Crippen molar-refractivity contribution < 1.29 is 13.2 Å². The molecule has 2 saturated carbocycles. The molecule has 4 nitrogen and oxygen atoms in total. The van der Waals surface area contributed by atoms with Crippen LogP contribution in [-0.2, 0) is 6.18 Å². The highest BCUT2D eigenvalue weighted by Gasteiger charge is 2.43. The molecule has 3 rings (SSSR count). The van der Waals surface area contributed by atoms with Gasteiger partial charge in [0, 0.05) is 25.2 Å². The Hall–Kier alpha value is -1.37. The number of hydrogen-bond donors (Lipinski definition) is 0. The minimum absolute atomic E-state index is 0.268. The Morgan fingerprint density at radius 1 is 0.957 bits per heavy atom. The van der Waals surface area contributed by atoms with Crippen molar-refractivity contribution in [2.45, 2.75) is 43.9 Å². The smallest absolute Gasteiger partial charge is 0.357 e. The van der Waals surface area contributed by atoms with Gasteiger partial charge in [0.15, 0.2) is 0 Å². The Morgan fingerprint density at radius 3 is 2.04 bits per heavy atom. The monoisotopic (exact) mass is 328 g/mol. The predicted octanol–water partition coefficient (Wildman–Crippen LogP) is 3.05. The summed E-state index contributed by atoms with van der Waals surface area (Å²) in [5.41, 5.74) is -0.875. The standard InChI is InChI=1S/C16H23F3N4/c1-22(2)12-4-10-6-13(7-11(10)5-12)23(3)15-8-14(16(17,18)19)20-9-21-15/h8-13H,4-7H2,1-3H3/t10-,11+,12?,13?. The van der Waals surface area contributed by atoms with E-state index in [1.807, 2.05) is 11.9 Å². The first-order valence-electron chi connectivity index (χ1n) is 8.04. The lowest BCUT2D eigenvalue weighted by Crippen LogP contribution is -2.32. The van der Waals surface area contributed by atoms with Crippen LogP contribution < -0.4 is 4.90 Å². The zero-order valence-corrected chi connectivity index (χ0v) is 13.7. The molecule has 128 valence electrons. The van der Waals surface area contributed by atoms with E-state index in [-0.39, 0.29) is 6.04 Å². The van der Waals surface area contributed by atoms with Crippen LogP contribution in [0.3, 0.4) is 0 Å². The highest BCUT2D eigenvalue weighted by Crippen LogP contribution is 2.47. The van der Waals surface area contributed by atoms with Gasteiger partial charge in [-0.1, -0.05) is 0 Å². The zero-order valence-electron chi connectivity index (χ0n) is 13.7. The van der Waals surface area contributed by atoms with Crippen molar-refractivity contribution >= 4 is 5.82 Å². The van der Waals surface area contributed by atoms with Crippen molar-refractivity contribution in [2.24, 2.45) is 11.8 Å². The summed E-state index contributed by atoms with van der Waals surface area (Å²) in [6.45, 7) is 0. The average Bonchev–Trinajstić information content (AvgIpc) is 3.04. The van der Waals surface area contributed by atoms with Crippen LogP contribution in [0.15, 0.2) is 12.4 Å². The van der Waals surface area contributed by atoms with Gasteiger partial charge in [0.1, 0.15) is 17.8 Å². The molecule has 0 spiro atoms. The van der Waals surface area contributed by atoms with Crippen LogP contribution in [0, 0.1) is 11.8 Å². The summed E-state index contributed by atoms with van der Waals surface area (Å²) in [6.07, 6.45) is 1.04. The molecule has 2 aliphatic rings. The van der Waals surface area contributed by atoms with Gasteiger partial charge in [-0.2, -0.15) is 13.2 Å². The first-order valence-corrected chi connectivity index (χ1v) is 8.04. The van der Waals surface area contributed by atoms with E-state index in [4.69, 9.17) is 0 Å². The van der Waals surface area contributed by atoms with Crippen LogP contribution >= 0.6 is 0 Å². The van der Waals surface area contributed by atoms with Crippen LogP contribution in [-0.4, -0.2) is 48.1 Å². The van der Waals surface area contributed by atoms with Gasteiger partial charge in [0.05, 0.1) is 0 Å². The second kappa shape index (κ2) is 5.92. The molecule has 0 radical (unpaired) electrons. The van der Waals surface area contributed by atoms with Crippen molar-refractivity contribution in [2.75, 3.05) is 26.0 Å². The first-order chi connectivity index (χ1) is 10.8. The number of rotatable bonds is 3. The molecular weight excluding hydrogens is 305 g/mol. The lowest BCUT2D eigenvalue weighted by molar-refractivity contribution is -0.141. The maximum Gasteiger partial charge on any atom is 0.433 e. The summed E-state index contributed by atoms with van der Waals surface area (Å²) in [5, 5.41) is 0. The highest BCUT2D eigenvalue weighted by atomic mass is 19.4. The summed E-state index contributed by atoms with van der Waals surface area (Å²) in [5.74, 6) is 1.72.